The highest BCUT2D eigenvalue weighted by atomic mass is 16.4. The summed E-state index contributed by atoms with van der Waals surface area (Å²) in [4.78, 5) is 10.1. The molecular weight excluding hydrogens is 248 g/mol. The molecule has 0 heterocycles. The van der Waals surface area contributed by atoms with Crippen LogP contribution in [0, 0.1) is 35.5 Å². The Morgan fingerprint density at radius 2 is 1.60 bits per heavy atom. The van der Waals surface area contributed by atoms with Gasteiger partial charge in [0.05, 0.1) is 0 Å². The molecule has 0 aromatic carbocycles. The molecule has 0 bridgehead atoms. The quantitative estimate of drug-likeness (QED) is 0.414. The zero-order chi connectivity index (χ0) is 14.9. The molecule has 20 heavy (non-hydrogen) atoms. The molecule has 0 spiro atoms. The number of rotatable bonds is 8. The molecule has 0 aliphatic rings. The normalized spacial score (nSPS) is 8.85. The lowest BCUT2D eigenvalue weighted by atomic mass is 10.1. The lowest BCUT2D eigenvalue weighted by Crippen LogP contribution is -1.84. The van der Waals surface area contributed by atoms with E-state index in [1.165, 1.54) is 44.6 Å². The minimum atomic E-state index is -1.01. The zero-order valence-corrected chi connectivity index (χ0v) is 12.2. The lowest BCUT2D eigenvalue weighted by molar-refractivity contribution is -0.131. The van der Waals surface area contributed by atoms with Crippen LogP contribution in [0.25, 0.3) is 0 Å². The minimum absolute atomic E-state index is 0.884. The monoisotopic (exact) mass is 270 g/mol. The molecule has 0 saturated carbocycles. The third-order valence-corrected chi connectivity index (χ3v) is 2.56. The average Bonchev–Trinajstić information content (AvgIpc) is 2.43. The molecule has 0 saturated heterocycles. The van der Waals surface area contributed by atoms with Gasteiger partial charge in [-0.05, 0) is 36.2 Å². The van der Waals surface area contributed by atoms with Crippen LogP contribution >= 0.6 is 0 Å². The van der Waals surface area contributed by atoms with Crippen LogP contribution in [-0.2, 0) is 4.79 Å². The number of aliphatic carboxylic acids is 1. The first-order chi connectivity index (χ1) is 9.77. The van der Waals surface area contributed by atoms with Gasteiger partial charge in [0.1, 0.15) is 0 Å². The van der Waals surface area contributed by atoms with Crippen molar-refractivity contribution in [2.45, 2.75) is 58.3 Å². The SMILES string of the molecule is CCCCCCCCCC#CC#CC#CC=CC(=O)O. The molecule has 0 rings (SSSR count). The summed E-state index contributed by atoms with van der Waals surface area (Å²) in [5, 5.41) is 8.30. The van der Waals surface area contributed by atoms with E-state index in [2.05, 4.69) is 42.4 Å². The second-order valence-corrected chi connectivity index (χ2v) is 4.36. The van der Waals surface area contributed by atoms with Gasteiger partial charge in [0.25, 0.3) is 0 Å². The van der Waals surface area contributed by atoms with Crippen LogP contribution in [0.3, 0.4) is 0 Å². The summed E-state index contributed by atoms with van der Waals surface area (Å²) >= 11 is 0. The summed E-state index contributed by atoms with van der Waals surface area (Å²) in [5.41, 5.74) is 0. The maximum atomic E-state index is 10.1. The molecule has 2 nitrogen and oxygen atoms in total. The van der Waals surface area contributed by atoms with Gasteiger partial charge in [-0.3, -0.25) is 0 Å². The molecule has 106 valence electrons. The van der Waals surface area contributed by atoms with Gasteiger partial charge in [-0.15, -0.1) is 0 Å². The molecule has 0 aliphatic carbocycles. The van der Waals surface area contributed by atoms with Crippen LogP contribution in [0.15, 0.2) is 12.2 Å². The fraction of sp³-hybridized carbons (Fsp3) is 0.500. The van der Waals surface area contributed by atoms with Crippen LogP contribution in [-0.4, -0.2) is 11.1 Å². The first-order valence-corrected chi connectivity index (χ1v) is 7.15. The van der Waals surface area contributed by atoms with E-state index in [0.717, 1.165) is 18.9 Å². The molecule has 1 N–H and O–H groups in total. The van der Waals surface area contributed by atoms with Crippen molar-refractivity contribution in [1.82, 2.24) is 0 Å². The molecule has 2 heteroatoms. The molecular formula is C18H22O2. The van der Waals surface area contributed by atoms with E-state index >= 15 is 0 Å². The number of carbonyl (C=O) groups is 1. The Kier molecular flexibility index (Phi) is 13.4. The third kappa shape index (κ3) is 15.9. The van der Waals surface area contributed by atoms with Crippen LogP contribution in [0.1, 0.15) is 58.3 Å². The van der Waals surface area contributed by atoms with Crippen molar-refractivity contribution in [3.05, 3.63) is 12.2 Å². The first-order valence-electron chi connectivity index (χ1n) is 7.15. The van der Waals surface area contributed by atoms with Gasteiger partial charge in [0.2, 0.25) is 0 Å². The van der Waals surface area contributed by atoms with Crippen molar-refractivity contribution in [3.63, 3.8) is 0 Å². The Hall–Kier alpha value is -2.11. The standard InChI is InChI=1S/C18H22O2/c1-2-3-4-5-6-7-8-9-10-11-12-13-14-15-16-17-18(19)20/h16-17H,2-9H2,1H3,(H,19,20). The second kappa shape index (κ2) is 14.9. The van der Waals surface area contributed by atoms with Crippen molar-refractivity contribution in [2.75, 3.05) is 0 Å². The molecule has 0 fully saturated rings. The van der Waals surface area contributed by atoms with E-state index in [0.29, 0.717) is 0 Å². The van der Waals surface area contributed by atoms with Gasteiger partial charge in [0, 0.05) is 12.5 Å². The van der Waals surface area contributed by atoms with E-state index < -0.39 is 5.97 Å². The molecule has 0 aromatic rings. The average molecular weight is 270 g/mol. The van der Waals surface area contributed by atoms with Crippen LogP contribution < -0.4 is 0 Å². The van der Waals surface area contributed by atoms with Crippen molar-refractivity contribution in [2.24, 2.45) is 0 Å². The summed E-state index contributed by atoms with van der Waals surface area (Å²) in [6, 6.07) is 0. The van der Waals surface area contributed by atoms with Crippen molar-refractivity contribution < 1.29 is 9.90 Å². The number of unbranched alkanes of at least 4 members (excludes halogenated alkanes) is 7. The van der Waals surface area contributed by atoms with Crippen LogP contribution in [0.5, 0.6) is 0 Å². The minimum Gasteiger partial charge on any atom is -0.478 e. The van der Waals surface area contributed by atoms with Crippen LogP contribution in [0.4, 0.5) is 0 Å². The maximum Gasteiger partial charge on any atom is 0.328 e. The molecule has 0 radical (unpaired) electrons. The van der Waals surface area contributed by atoms with E-state index in [4.69, 9.17) is 5.11 Å². The summed E-state index contributed by atoms with van der Waals surface area (Å²) in [6.45, 7) is 2.23. The van der Waals surface area contributed by atoms with E-state index in [1.54, 1.807) is 0 Å². The van der Waals surface area contributed by atoms with Gasteiger partial charge in [0.15, 0.2) is 0 Å². The van der Waals surface area contributed by atoms with Crippen molar-refractivity contribution in [1.29, 1.82) is 0 Å². The van der Waals surface area contributed by atoms with E-state index in [1.807, 2.05) is 0 Å². The highest BCUT2D eigenvalue weighted by molar-refractivity contribution is 5.80. The number of hydrogen-bond acceptors (Lipinski definition) is 1. The summed E-state index contributed by atoms with van der Waals surface area (Å²) in [6.07, 6.45) is 12.1. The number of hydrogen-bond donors (Lipinski definition) is 1. The predicted molar refractivity (Wildman–Crippen MR) is 82.7 cm³/mol. The van der Waals surface area contributed by atoms with Crippen molar-refractivity contribution >= 4 is 5.97 Å². The third-order valence-electron chi connectivity index (χ3n) is 2.56. The summed E-state index contributed by atoms with van der Waals surface area (Å²) < 4.78 is 0. The Labute approximate surface area is 122 Å². The van der Waals surface area contributed by atoms with Gasteiger partial charge >= 0.3 is 5.97 Å². The van der Waals surface area contributed by atoms with Gasteiger partial charge in [-0.2, -0.15) is 0 Å². The Balaban J connectivity index is 3.57. The Bertz CT molecular complexity index is 467. The largest absolute Gasteiger partial charge is 0.478 e. The number of carboxylic acids is 1. The maximum absolute atomic E-state index is 10.1. The predicted octanol–water partition coefficient (Wildman–Crippen LogP) is 3.78. The summed E-state index contributed by atoms with van der Waals surface area (Å²) in [5.74, 6) is 14.9. The highest BCUT2D eigenvalue weighted by Crippen LogP contribution is 2.07. The van der Waals surface area contributed by atoms with Crippen LogP contribution in [0.2, 0.25) is 0 Å². The molecule has 0 aliphatic heterocycles. The van der Waals surface area contributed by atoms with Gasteiger partial charge in [-0.25, -0.2) is 4.79 Å². The molecule has 0 unspecified atom stereocenters. The first kappa shape index (κ1) is 17.9. The Morgan fingerprint density at radius 3 is 2.30 bits per heavy atom. The molecule has 0 amide bonds. The lowest BCUT2D eigenvalue weighted by Gasteiger charge is -1.97. The molecule has 0 aromatic heterocycles. The fourth-order valence-electron chi connectivity index (χ4n) is 1.53. The smallest absolute Gasteiger partial charge is 0.328 e. The van der Waals surface area contributed by atoms with Gasteiger partial charge in [-0.1, -0.05) is 57.3 Å². The zero-order valence-electron chi connectivity index (χ0n) is 12.2. The van der Waals surface area contributed by atoms with E-state index in [9.17, 15) is 4.79 Å². The van der Waals surface area contributed by atoms with Crippen molar-refractivity contribution in [3.8, 4) is 35.5 Å². The topological polar surface area (TPSA) is 37.3 Å². The Morgan fingerprint density at radius 1 is 0.950 bits per heavy atom. The number of carboxylic acid groups (broad SMARTS) is 1. The highest BCUT2D eigenvalue weighted by Gasteiger charge is 1.88. The second-order valence-electron chi connectivity index (χ2n) is 4.36. The summed E-state index contributed by atoms with van der Waals surface area (Å²) in [7, 11) is 0. The number of allylic oxidation sites excluding steroid dienone is 1. The van der Waals surface area contributed by atoms with E-state index in [-0.39, 0.29) is 0 Å². The fourth-order valence-corrected chi connectivity index (χ4v) is 1.53. The van der Waals surface area contributed by atoms with Gasteiger partial charge < -0.3 is 5.11 Å². The molecule has 0 atom stereocenters.